The summed E-state index contributed by atoms with van der Waals surface area (Å²) in [5.74, 6) is 0.0403. The highest BCUT2D eigenvalue weighted by molar-refractivity contribution is 6.31. The fraction of sp³-hybridized carbons (Fsp3) is 0. The van der Waals surface area contributed by atoms with Gasteiger partial charge in [-0.2, -0.15) is 5.10 Å². The minimum atomic E-state index is -0.607. The Labute approximate surface area is 92.7 Å². The van der Waals surface area contributed by atoms with Gasteiger partial charge in [-0.1, -0.05) is 11.6 Å². The van der Waals surface area contributed by atoms with Crippen molar-refractivity contribution in [2.45, 2.75) is 0 Å². The zero-order valence-electron chi connectivity index (χ0n) is 7.62. The van der Waals surface area contributed by atoms with E-state index in [9.17, 15) is 14.9 Å². The van der Waals surface area contributed by atoms with Crippen LogP contribution in [0.5, 0.6) is 0 Å². The maximum absolute atomic E-state index is 11.2. The predicted molar refractivity (Wildman–Crippen MR) is 53.6 cm³/mol. The molecule has 0 unspecified atom stereocenters. The van der Waals surface area contributed by atoms with E-state index >= 15 is 0 Å². The van der Waals surface area contributed by atoms with Gasteiger partial charge in [-0.3, -0.25) is 14.9 Å². The van der Waals surface area contributed by atoms with Gasteiger partial charge in [0.2, 0.25) is 0 Å². The number of hydrogen-bond donors (Lipinski definition) is 1. The van der Waals surface area contributed by atoms with E-state index in [0.717, 1.165) is 23.4 Å². The molecular formula is C7H4ClN5O3. The van der Waals surface area contributed by atoms with Gasteiger partial charge in [-0.15, -0.1) is 0 Å². The summed E-state index contributed by atoms with van der Waals surface area (Å²) >= 11 is 5.68. The van der Waals surface area contributed by atoms with E-state index in [1.54, 1.807) is 0 Å². The largest absolute Gasteiger partial charge is 0.312 e. The fourth-order valence-corrected chi connectivity index (χ4v) is 1.25. The first-order valence-corrected chi connectivity index (χ1v) is 4.40. The Hall–Kier alpha value is -2.22. The van der Waals surface area contributed by atoms with Gasteiger partial charge in [0.05, 0.1) is 11.3 Å². The standard InChI is InChI=1S/C7H4ClN5O3/c8-5-6(9-3-10-7(5)14)12-2-4(1-11-12)13(15)16/h1-3H,(H,9,10,14). The molecule has 0 radical (unpaired) electrons. The molecule has 82 valence electrons. The monoisotopic (exact) mass is 241 g/mol. The molecule has 0 aromatic carbocycles. The number of rotatable bonds is 2. The topological polar surface area (TPSA) is 107 Å². The number of nitrogens with zero attached hydrogens (tertiary/aromatic N) is 4. The van der Waals surface area contributed by atoms with Gasteiger partial charge in [-0.25, -0.2) is 9.67 Å². The second kappa shape index (κ2) is 3.74. The lowest BCUT2D eigenvalue weighted by molar-refractivity contribution is -0.384. The minimum absolute atomic E-state index is 0.0403. The van der Waals surface area contributed by atoms with Crippen molar-refractivity contribution in [3.63, 3.8) is 0 Å². The highest BCUT2D eigenvalue weighted by Crippen LogP contribution is 2.15. The average molecular weight is 242 g/mol. The molecule has 0 aliphatic heterocycles. The normalized spacial score (nSPS) is 10.3. The van der Waals surface area contributed by atoms with Crippen molar-refractivity contribution in [1.82, 2.24) is 19.7 Å². The maximum atomic E-state index is 11.2. The molecule has 2 aromatic rings. The van der Waals surface area contributed by atoms with Crippen LogP contribution in [-0.4, -0.2) is 24.7 Å². The summed E-state index contributed by atoms with van der Waals surface area (Å²) < 4.78 is 1.07. The summed E-state index contributed by atoms with van der Waals surface area (Å²) in [4.78, 5) is 27.0. The van der Waals surface area contributed by atoms with Crippen LogP contribution in [0.2, 0.25) is 5.02 Å². The Balaban J connectivity index is 2.55. The summed E-state index contributed by atoms with van der Waals surface area (Å²) in [5, 5.41) is 13.9. The van der Waals surface area contributed by atoms with Crippen LogP contribution in [-0.2, 0) is 0 Å². The van der Waals surface area contributed by atoms with Gasteiger partial charge in [-0.05, 0) is 0 Å². The third-order valence-corrected chi connectivity index (χ3v) is 2.12. The van der Waals surface area contributed by atoms with E-state index in [1.807, 2.05) is 0 Å². The lowest BCUT2D eigenvalue weighted by Crippen LogP contribution is -2.11. The van der Waals surface area contributed by atoms with Gasteiger partial charge < -0.3 is 4.98 Å². The molecule has 0 aliphatic rings. The molecule has 8 nitrogen and oxygen atoms in total. The summed E-state index contributed by atoms with van der Waals surface area (Å²) in [6.07, 6.45) is 3.30. The minimum Gasteiger partial charge on any atom is -0.312 e. The first-order valence-electron chi connectivity index (χ1n) is 4.02. The molecular weight excluding hydrogens is 238 g/mol. The molecule has 0 spiro atoms. The highest BCUT2D eigenvalue weighted by Gasteiger charge is 2.14. The number of aromatic amines is 1. The molecule has 0 atom stereocenters. The van der Waals surface area contributed by atoms with Gasteiger partial charge in [0.25, 0.3) is 5.56 Å². The third-order valence-electron chi connectivity index (χ3n) is 1.77. The van der Waals surface area contributed by atoms with Crippen molar-refractivity contribution in [2.24, 2.45) is 0 Å². The van der Waals surface area contributed by atoms with E-state index in [4.69, 9.17) is 11.6 Å². The quantitative estimate of drug-likeness (QED) is 0.609. The van der Waals surface area contributed by atoms with E-state index < -0.39 is 10.5 Å². The number of aromatic nitrogens is 4. The summed E-state index contributed by atoms with van der Waals surface area (Å²) in [6, 6.07) is 0. The molecule has 16 heavy (non-hydrogen) atoms. The average Bonchev–Trinajstić information content (AvgIpc) is 2.71. The van der Waals surface area contributed by atoms with Gasteiger partial charge in [0.1, 0.15) is 12.4 Å². The molecule has 0 aliphatic carbocycles. The Morgan fingerprint density at radius 2 is 2.31 bits per heavy atom. The molecule has 9 heteroatoms. The molecule has 0 fully saturated rings. The van der Waals surface area contributed by atoms with Crippen molar-refractivity contribution in [3.05, 3.63) is 44.2 Å². The number of H-pyrrole nitrogens is 1. The lowest BCUT2D eigenvalue weighted by Gasteiger charge is -1.99. The van der Waals surface area contributed by atoms with E-state index in [2.05, 4.69) is 15.1 Å². The molecule has 2 heterocycles. The van der Waals surface area contributed by atoms with Crippen molar-refractivity contribution in [1.29, 1.82) is 0 Å². The van der Waals surface area contributed by atoms with Crippen LogP contribution in [0.15, 0.2) is 23.5 Å². The summed E-state index contributed by atoms with van der Waals surface area (Å²) in [5.41, 5.74) is -0.747. The number of nitro groups is 1. The van der Waals surface area contributed by atoms with Crippen LogP contribution in [0.25, 0.3) is 5.82 Å². The van der Waals surface area contributed by atoms with Crippen molar-refractivity contribution >= 4 is 17.3 Å². The second-order valence-electron chi connectivity index (χ2n) is 2.77. The molecule has 0 saturated heterocycles. The van der Waals surface area contributed by atoms with Crippen LogP contribution >= 0.6 is 11.6 Å². The second-order valence-corrected chi connectivity index (χ2v) is 3.15. The zero-order chi connectivity index (χ0) is 11.7. The van der Waals surface area contributed by atoms with Gasteiger partial charge in [0, 0.05) is 0 Å². The van der Waals surface area contributed by atoms with Gasteiger partial charge in [0.15, 0.2) is 10.8 Å². The maximum Gasteiger partial charge on any atom is 0.307 e. The fourth-order valence-electron chi connectivity index (χ4n) is 1.06. The third kappa shape index (κ3) is 1.65. The van der Waals surface area contributed by atoms with Gasteiger partial charge >= 0.3 is 5.69 Å². The van der Waals surface area contributed by atoms with Crippen LogP contribution in [0, 0.1) is 10.1 Å². The van der Waals surface area contributed by atoms with Crippen LogP contribution in [0.1, 0.15) is 0 Å². The van der Waals surface area contributed by atoms with E-state index in [1.165, 1.54) is 0 Å². The summed E-state index contributed by atoms with van der Waals surface area (Å²) in [7, 11) is 0. The predicted octanol–water partition coefficient (Wildman–Crippen LogP) is 0.517. The van der Waals surface area contributed by atoms with Crippen molar-refractivity contribution in [3.8, 4) is 5.82 Å². The first-order chi connectivity index (χ1) is 7.59. The van der Waals surface area contributed by atoms with Crippen molar-refractivity contribution in [2.75, 3.05) is 0 Å². The first kappa shape index (κ1) is 10.3. The molecule has 1 N–H and O–H groups in total. The highest BCUT2D eigenvalue weighted by atomic mass is 35.5. The zero-order valence-corrected chi connectivity index (χ0v) is 8.38. The Morgan fingerprint density at radius 1 is 1.56 bits per heavy atom. The van der Waals surface area contributed by atoms with Crippen LogP contribution in [0.4, 0.5) is 5.69 Å². The van der Waals surface area contributed by atoms with Crippen LogP contribution in [0.3, 0.4) is 0 Å². The Morgan fingerprint density at radius 3 is 2.94 bits per heavy atom. The Bertz CT molecular complexity index is 604. The van der Waals surface area contributed by atoms with E-state index in [-0.39, 0.29) is 16.5 Å². The van der Waals surface area contributed by atoms with E-state index in [0.29, 0.717) is 0 Å². The number of hydrogen-bond acceptors (Lipinski definition) is 5. The molecule has 0 saturated carbocycles. The number of halogens is 1. The Kier molecular flexibility index (Phi) is 2.41. The van der Waals surface area contributed by atoms with Crippen LogP contribution < -0.4 is 5.56 Å². The molecule has 0 bridgehead atoms. The smallest absolute Gasteiger partial charge is 0.307 e. The SMILES string of the molecule is O=c1[nH]cnc(-n2cc([N+](=O)[O-])cn2)c1Cl. The summed E-state index contributed by atoms with van der Waals surface area (Å²) in [6.45, 7) is 0. The van der Waals surface area contributed by atoms with Crippen molar-refractivity contribution < 1.29 is 4.92 Å². The lowest BCUT2D eigenvalue weighted by atomic mass is 10.5. The number of nitrogens with one attached hydrogen (secondary N) is 1. The molecule has 2 rings (SSSR count). The molecule has 2 aromatic heterocycles. The molecule has 0 amide bonds.